The molecule has 1 fully saturated rings. The van der Waals surface area contributed by atoms with Crippen LogP contribution in [0.2, 0.25) is 10.0 Å². The lowest BCUT2D eigenvalue weighted by Crippen LogP contribution is -2.24. The van der Waals surface area contributed by atoms with Crippen LogP contribution >= 0.6 is 23.2 Å². The van der Waals surface area contributed by atoms with Crippen molar-refractivity contribution >= 4 is 40.6 Å². The molecule has 7 heteroatoms. The molecule has 1 aromatic carbocycles. The van der Waals surface area contributed by atoms with Crippen LogP contribution in [0.4, 0.5) is 11.5 Å². The van der Waals surface area contributed by atoms with Crippen LogP contribution < -0.4 is 10.6 Å². The molecule has 5 nitrogen and oxygen atoms in total. The summed E-state index contributed by atoms with van der Waals surface area (Å²) >= 11 is 12.1. The van der Waals surface area contributed by atoms with Crippen molar-refractivity contribution in [3.8, 4) is 0 Å². The largest absolute Gasteiger partial charge is 0.367 e. The summed E-state index contributed by atoms with van der Waals surface area (Å²) in [7, 11) is 0. The van der Waals surface area contributed by atoms with E-state index in [0.717, 1.165) is 12.8 Å². The van der Waals surface area contributed by atoms with Gasteiger partial charge in [-0.1, -0.05) is 48.5 Å². The average molecular weight is 379 g/mol. The van der Waals surface area contributed by atoms with Crippen LogP contribution in [0.5, 0.6) is 0 Å². The number of aryl methyl sites for hydroxylation is 1. The number of benzene rings is 1. The third-order valence-electron chi connectivity index (χ3n) is 4.23. The molecule has 3 rings (SSSR count). The molecule has 0 bridgehead atoms. The summed E-state index contributed by atoms with van der Waals surface area (Å²) in [5.41, 5.74) is 0.749. The lowest BCUT2D eigenvalue weighted by atomic mass is 9.95. The number of amides is 1. The predicted molar refractivity (Wildman–Crippen MR) is 102 cm³/mol. The number of carbonyl (C=O) groups is 1. The van der Waals surface area contributed by atoms with E-state index in [0.29, 0.717) is 39.1 Å². The zero-order chi connectivity index (χ0) is 17.8. The molecule has 0 spiro atoms. The van der Waals surface area contributed by atoms with Crippen LogP contribution in [0.3, 0.4) is 0 Å². The van der Waals surface area contributed by atoms with Crippen molar-refractivity contribution in [3.63, 3.8) is 0 Å². The Balaban J connectivity index is 1.76. The first-order valence-electron chi connectivity index (χ1n) is 8.40. The Morgan fingerprint density at radius 2 is 1.92 bits per heavy atom. The Kier molecular flexibility index (Phi) is 5.76. The minimum absolute atomic E-state index is 0.293. The van der Waals surface area contributed by atoms with Crippen molar-refractivity contribution in [2.45, 2.75) is 45.1 Å². The van der Waals surface area contributed by atoms with Crippen LogP contribution in [0.15, 0.2) is 24.3 Å². The fraction of sp³-hybridized carbons (Fsp3) is 0.389. The van der Waals surface area contributed by atoms with Crippen molar-refractivity contribution < 1.29 is 4.79 Å². The predicted octanol–water partition coefficient (Wildman–Crippen LogP) is 5.09. The maximum atomic E-state index is 12.5. The highest BCUT2D eigenvalue weighted by Crippen LogP contribution is 2.30. The van der Waals surface area contributed by atoms with E-state index in [4.69, 9.17) is 23.2 Å². The number of carbonyl (C=O) groups excluding carboxylic acids is 1. The van der Waals surface area contributed by atoms with E-state index in [1.54, 1.807) is 31.2 Å². The van der Waals surface area contributed by atoms with Crippen LogP contribution in [0.1, 0.15) is 48.4 Å². The van der Waals surface area contributed by atoms with Gasteiger partial charge in [-0.3, -0.25) is 4.79 Å². The molecular weight excluding hydrogens is 359 g/mol. The molecule has 132 valence electrons. The summed E-state index contributed by atoms with van der Waals surface area (Å²) in [6.07, 6.45) is 5.99. The van der Waals surface area contributed by atoms with Gasteiger partial charge in [-0.25, -0.2) is 9.97 Å². The highest BCUT2D eigenvalue weighted by Gasteiger charge is 2.17. The molecule has 0 unspecified atom stereocenters. The summed E-state index contributed by atoms with van der Waals surface area (Å²) in [5, 5.41) is 6.87. The molecule has 0 aliphatic heterocycles. The molecule has 25 heavy (non-hydrogen) atoms. The van der Waals surface area contributed by atoms with E-state index >= 15 is 0 Å². The number of anilines is 2. The second kappa shape index (κ2) is 8.02. The smallest absolute Gasteiger partial charge is 0.274 e. The fourth-order valence-electron chi connectivity index (χ4n) is 3.00. The lowest BCUT2D eigenvalue weighted by Gasteiger charge is -2.23. The van der Waals surface area contributed by atoms with E-state index in [2.05, 4.69) is 20.6 Å². The van der Waals surface area contributed by atoms with Gasteiger partial charge in [-0.2, -0.15) is 0 Å². The first-order valence-corrected chi connectivity index (χ1v) is 9.16. The number of nitrogens with zero attached hydrogens (tertiary/aromatic N) is 2. The average Bonchev–Trinajstić information content (AvgIpc) is 2.59. The van der Waals surface area contributed by atoms with Crippen molar-refractivity contribution in [2.75, 3.05) is 10.6 Å². The number of aromatic nitrogens is 2. The Labute approximate surface area is 157 Å². The minimum atomic E-state index is -0.346. The summed E-state index contributed by atoms with van der Waals surface area (Å²) in [6.45, 7) is 1.77. The zero-order valence-electron chi connectivity index (χ0n) is 14.0. The first-order chi connectivity index (χ1) is 12.0. The normalized spacial score (nSPS) is 15.0. The highest BCUT2D eigenvalue weighted by atomic mass is 35.5. The molecule has 1 aliphatic carbocycles. The molecule has 2 aromatic rings. The van der Waals surface area contributed by atoms with Crippen LogP contribution in [-0.4, -0.2) is 21.9 Å². The monoisotopic (exact) mass is 378 g/mol. The molecule has 0 saturated heterocycles. The molecule has 0 radical (unpaired) electrons. The summed E-state index contributed by atoms with van der Waals surface area (Å²) in [4.78, 5) is 21.2. The SMILES string of the molecule is Cc1nc(NC2CCCCC2)cc(C(=O)Nc2cccc(Cl)c2Cl)n1. The second-order valence-electron chi connectivity index (χ2n) is 6.22. The van der Waals surface area contributed by atoms with Crippen LogP contribution in [-0.2, 0) is 0 Å². The third kappa shape index (κ3) is 4.61. The molecule has 1 amide bonds. The van der Waals surface area contributed by atoms with Gasteiger partial charge in [0.1, 0.15) is 17.3 Å². The third-order valence-corrected chi connectivity index (χ3v) is 5.05. The van der Waals surface area contributed by atoms with Gasteiger partial charge in [0, 0.05) is 12.1 Å². The minimum Gasteiger partial charge on any atom is -0.367 e. The Morgan fingerprint density at radius 3 is 2.68 bits per heavy atom. The fourth-order valence-corrected chi connectivity index (χ4v) is 3.35. The van der Waals surface area contributed by atoms with E-state index in [9.17, 15) is 4.79 Å². The van der Waals surface area contributed by atoms with E-state index < -0.39 is 0 Å². The molecule has 1 aliphatic rings. The quantitative estimate of drug-likeness (QED) is 0.777. The molecule has 2 N–H and O–H groups in total. The van der Waals surface area contributed by atoms with Gasteiger partial charge in [0.2, 0.25) is 0 Å². The van der Waals surface area contributed by atoms with Gasteiger partial charge in [0.25, 0.3) is 5.91 Å². The van der Waals surface area contributed by atoms with Gasteiger partial charge >= 0.3 is 0 Å². The number of hydrogen-bond acceptors (Lipinski definition) is 4. The highest BCUT2D eigenvalue weighted by molar-refractivity contribution is 6.44. The van der Waals surface area contributed by atoms with E-state index in [1.807, 2.05) is 0 Å². The number of hydrogen-bond donors (Lipinski definition) is 2. The standard InChI is InChI=1S/C18H20Cl2N4O/c1-11-21-15(10-16(22-11)23-12-6-3-2-4-7-12)18(25)24-14-9-5-8-13(19)17(14)20/h5,8-10,12H,2-4,6-7H2,1H3,(H,24,25)(H,21,22,23). The number of nitrogens with one attached hydrogen (secondary N) is 2. The molecule has 1 saturated carbocycles. The Hall–Kier alpha value is -1.85. The summed E-state index contributed by atoms with van der Waals surface area (Å²) < 4.78 is 0. The van der Waals surface area contributed by atoms with E-state index in [-0.39, 0.29) is 5.91 Å². The maximum Gasteiger partial charge on any atom is 0.274 e. The molecule has 1 heterocycles. The second-order valence-corrected chi connectivity index (χ2v) is 7.01. The Morgan fingerprint density at radius 1 is 1.16 bits per heavy atom. The first kappa shape index (κ1) is 18.0. The Bertz CT molecular complexity index is 776. The summed E-state index contributed by atoms with van der Waals surface area (Å²) in [6, 6.07) is 7.17. The van der Waals surface area contributed by atoms with Crippen LogP contribution in [0.25, 0.3) is 0 Å². The molecule has 0 atom stereocenters. The van der Waals surface area contributed by atoms with E-state index in [1.165, 1.54) is 19.3 Å². The lowest BCUT2D eigenvalue weighted by molar-refractivity contribution is 0.102. The van der Waals surface area contributed by atoms with Gasteiger partial charge in [0.05, 0.1) is 15.7 Å². The van der Waals surface area contributed by atoms with Crippen molar-refractivity contribution in [1.82, 2.24) is 9.97 Å². The topological polar surface area (TPSA) is 66.9 Å². The van der Waals surface area contributed by atoms with Crippen molar-refractivity contribution in [2.24, 2.45) is 0 Å². The molecular formula is C18H20Cl2N4O. The van der Waals surface area contributed by atoms with Crippen molar-refractivity contribution in [1.29, 1.82) is 0 Å². The zero-order valence-corrected chi connectivity index (χ0v) is 15.5. The van der Waals surface area contributed by atoms with Crippen molar-refractivity contribution in [3.05, 3.63) is 45.8 Å². The molecule has 1 aromatic heterocycles. The maximum absolute atomic E-state index is 12.5. The number of halogens is 2. The van der Waals surface area contributed by atoms with Gasteiger partial charge in [-0.05, 0) is 31.9 Å². The van der Waals surface area contributed by atoms with Gasteiger partial charge < -0.3 is 10.6 Å². The van der Waals surface area contributed by atoms with Gasteiger partial charge in [-0.15, -0.1) is 0 Å². The van der Waals surface area contributed by atoms with Gasteiger partial charge in [0.15, 0.2) is 0 Å². The van der Waals surface area contributed by atoms with Crippen LogP contribution in [0, 0.1) is 6.92 Å². The number of rotatable bonds is 4. The summed E-state index contributed by atoms with van der Waals surface area (Å²) in [5.74, 6) is 0.881.